The van der Waals surface area contributed by atoms with Crippen molar-refractivity contribution in [2.45, 2.75) is 90.4 Å². The van der Waals surface area contributed by atoms with E-state index in [1.54, 1.807) is 6.07 Å². The maximum absolute atomic E-state index is 13.4. The lowest BCUT2D eigenvalue weighted by molar-refractivity contribution is 0.141. The number of halogens is 2. The number of allylic oxidation sites excluding steroid dienone is 2. The molecular weight excluding hydrogens is 350 g/mol. The van der Waals surface area contributed by atoms with Gasteiger partial charge in [-0.25, -0.2) is 8.78 Å². The molecule has 0 N–H and O–H groups in total. The number of unbranched alkanes of at least 4 members (excludes halogenated alkanes) is 1. The minimum absolute atomic E-state index is 0.710. The molecule has 2 fully saturated rings. The molecule has 156 valence electrons. The van der Waals surface area contributed by atoms with E-state index in [9.17, 15) is 8.78 Å². The Morgan fingerprint density at radius 3 is 2.00 bits per heavy atom. The topological polar surface area (TPSA) is 0 Å². The first-order valence-corrected chi connectivity index (χ1v) is 11.7. The van der Waals surface area contributed by atoms with Crippen LogP contribution in [0.5, 0.6) is 0 Å². The van der Waals surface area contributed by atoms with Crippen molar-refractivity contribution in [3.05, 3.63) is 47.5 Å². The van der Waals surface area contributed by atoms with Crippen LogP contribution in [0, 0.1) is 35.3 Å². The smallest absolute Gasteiger partial charge is 0.159 e. The predicted octanol–water partition coefficient (Wildman–Crippen LogP) is 8.26. The quantitative estimate of drug-likeness (QED) is 0.310. The molecule has 28 heavy (non-hydrogen) atoms. The third-order valence-corrected chi connectivity index (χ3v) is 7.49. The molecule has 0 bridgehead atoms. The predicted molar refractivity (Wildman–Crippen MR) is 114 cm³/mol. The second-order valence-corrected chi connectivity index (χ2v) is 9.35. The van der Waals surface area contributed by atoms with Crippen LogP contribution in [0.4, 0.5) is 8.78 Å². The van der Waals surface area contributed by atoms with E-state index in [0.717, 1.165) is 42.1 Å². The summed E-state index contributed by atoms with van der Waals surface area (Å²) in [4.78, 5) is 0. The molecule has 3 rings (SSSR count). The van der Waals surface area contributed by atoms with E-state index < -0.39 is 11.6 Å². The van der Waals surface area contributed by atoms with Crippen molar-refractivity contribution in [3.8, 4) is 0 Å². The molecule has 2 heteroatoms. The van der Waals surface area contributed by atoms with Gasteiger partial charge in [0.15, 0.2) is 11.6 Å². The van der Waals surface area contributed by atoms with Gasteiger partial charge in [0.05, 0.1) is 0 Å². The minimum Gasteiger partial charge on any atom is -0.204 e. The Bertz CT molecular complexity index is 605. The maximum Gasteiger partial charge on any atom is 0.159 e. The lowest BCUT2D eigenvalue weighted by Gasteiger charge is -2.38. The summed E-state index contributed by atoms with van der Waals surface area (Å²) in [5, 5.41) is 0. The third-order valence-electron chi connectivity index (χ3n) is 7.49. The van der Waals surface area contributed by atoms with Crippen LogP contribution in [-0.4, -0.2) is 0 Å². The summed E-state index contributed by atoms with van der Waals surface area (Å²) >= 11 is 0. The lowest BCUT2D eigenvalue weighted by atomic mass is 9.68. The molecule has 0 spiro atoms. The van der Waals surface area contributed by atoms with Gasteiger partial charge in [-0.15, -0.1) is 0 Å². The van der Waals surface area contributed by atoms with Crippen molar-refractivity contribution >= 4 is 0 Å². The second kappa shape index (κ2) is 11.1. The van der Waals surface area contributed by atoms with Crippen molar-refractivity contribution in [1.29, 1.82) is 0 Å². The zero-order valence-corrected chi connectivity index (χ0v) is 17.6. The van der Waals surface area contributed by atoms with E-state index in [1.807, 2.05) is 0 Å². The van der Waals surface area contributed by atoms with Crippen molar-refractivity contribution in [1.82, 2.24) is 0 Å². The molecule has 0 nitrogen and oxygen atoms in total. The average molecular weight is 389 g/mol. The molecule has 2 aliphatic rings. The lowest BCUT2D eigenvalue weighted by Crippen LogP contribution is -2.26. The number of hydrogen-bond acceptors (Lipinski definition) is 0. The zero-order chi connectivity index (χ0) is 19.8. The van der Waals surface area contributed by atoms with E-state index >= 15 is 0 Å². The standard InChI is InChI=1S/C26H38F2/c1-2-3-4-5-6-20-9-14-23(15-10-20)24-16-11-21(12-17-24)7-8-22-13-18-25(27)26(28)19-22/h2-3,13,18-21,23-24H,4-12,14-17H2,1H3/b3-2-/t20-,21?,23-,24?. The Morgan fingerprint density at radius 2 is 1.43 bits per heavy atom. The monoisotopic (exact) mass is 388 g/mol. The van der Waals surface area contributed by atoms with Crippen LogP contribution in [0.3, 0.4) is 0 Å². The first kappa shape index (κ1) is 21.5. The van der Waals surface area contributed by atoms with Gasteiger partial charge >= 0.3 is 0 Å². The number of rotatable bonds is 8. The highest BCUT2D eigenvalue weighted by Gasteiger charge is 2.30. The Morgan fingerprint density at radius 1 is 0.821 bits per heavy atom. The van der Waals surface area contributed by atoms with Gasteiger partial charge < -0.3 is 0 Å². The molecule has 1 aromatic rings. The molecule has 2 saturated carbocycles. The van der Waals surface area contributed by atoms with Gasteiger partial charge in [0, 0.05) is 0 Å². The molecular formula is C26H38F2. The zero-order valence-electron chi connectivity index (χ0n) is 17.6. The third kappa shape index (κ3) is 6.42. The van der Waals surface area contributed by atoms with Crippen molar-refractivity contribution < 1.29 is 8.78 Å². The second-order valence-electron chi connectivity index (χ2n) is 9.35. The molecule has 0 amide bonds. The fourth-order valence-electron chi connectivity index (χ4n) is 5.65. The van der Waals surface area contributed by atoms with Crippen LogP contribution in [0.25, 0.3) is 0 Å². The summed E-state index contributed by atoms with van der Waals surface area (Å²) in [6.07, 6.45) is 21.8. The summed E-state index contributed by atoms with van der Waals surface area (Å²) in [7, 11) is 0. The highest BCUT2D eigenvalue weighted by molar-refractivity contribution is 5.17. The molecule has 0 radical (unpaired) electrons. The maximum atomic E-state index is 13.4. The molecule has 0 saturated heterocycles. The minimum atomic E-state index is -0.739. The van der Waals surface area contributed by atoms with Gasteiger partial charge in [0.2, 0.25) is 0 Å². The number of benzene rings is 1. The van der Waals surface area contributed by atoms with Gasteiger partial charge in [0.25, 0.3) is 0 Å². The Kier molecular flexibility index (Phi) is 8.55. The largest absolute Gasteiger partial charge is 0.204 e. The summed E-state index contributed by atoms with van der Waals surface area (Å²) in [5.41, 5.74) is 0.939. The van der Waals surface area contributed by atoms with Crippen LogP contribution in [0.2, 0.25) is 0 Å². The van der Waals surface area contributed by atoms with Crippen LogP contribution >= 0.6 is 0 Å². The molecule has 0 aliphatic heterocycles. The van der Waals surface area contributed by atoms with Crippen LogP contribution in [0.1, 0.15) is 89.5 Å². The summed E-state index contributed by atoms with van der Waals surface area (Å²) in [5.74, 6) is 2.22. The van der Waals surface area contributed by atoms with Gasteiger partial charge in [-0.05, 0) is 99.7 Å². The fourth-order valence-corrected chi connectivity index (χ4v) is 5.65. The molecule has 0 unspecified atom stereocenters. The van der Waals surface area contributed by atoms with E-state index in [-0.39, 0.29) is 0 Å². The Labute approximate surface area is 170 Å². The summed E-state index contributed by atoms with van der Waals surface area (Å²) in [6.45, 7) is 2.11. The first-order valence-electron chi connectivity index (χ1n) is 11.7. The number of hydrogen-bond donors (Lipinski definition) is 0. The molecule has 0 heterocycles. The van der Waals surface area contributed by atoms with Crippen molar-refractivity contribution in [2.75, 3.05) is 0 Å². The van der Waals surface area contributed by atoms with E-state index in [2.05, 4.69) is 19.1 Å². The van der Waals surface area contributed by atoms with Crippen LogP contribution < -0.4 is 0 Å². The van der Waals surface area contributed by atoms with E-state index in [4.69, 9.17) is 0 Å². The van der Waals surface area contributed by atoms with Gasteiger partial charge in [0.1, 0.15) is 0 Å². The highest BCUT2D eigenvalue weighted by Crippen LogP contribution is 2.43. The molecule has 0 atom stereocenters. The summed E-state index contributed by atoms with van der Waals surface area (Å²) < 4.78 is 26.4. The average Bonchev–Trinajstić information content (AvgIpc) is 2.73. The normalized spacial score (nSPS) is 28.7. The first-order chi connectivity index (χ1) is 13.7. The highest BCUT2D eigenvalue weighted by atomic mass is 19.2. The molecule has 2 aliphatic carbocycles. The van der Waals surface area contributed by atoms with Gasteiger partial charge in [-0.2, -0.15) is 0 Å². The molecule has 1 aromatic carbocycles. The Hall–Kier alpha value is -1.18. The van der Waals surface area contributed by atoms with Crippen molar-refractivity contribution in [2.24, 2.45) is 23.7 Å². The SMILES string of the molecule is C/C=C\CCC[C@H]1CC[C@H](C2CCC(CCc3ccc(F)c(F)c3)CC2)CC1. The molecule has 0 aromatic heterocycles. The van der Waals surface area contributed by atoms with E-state index in [0.29, 0.717) is 0 Å². The fraction of sp³-hybridized carbons (Fsp3) is 0.692. The van der Waals surface area contributed by atoms with E-state index in [1.165, 1.54) is 82.8 Å². The summed E-state index contributed by atoms with van der Waals surface area (Å²) in [6, 6.07) is 4.37. The van der Waals surface area contributed by atoms with Gasteiger partial charge in [-0.1, -0.05) is 50.3 Å². The number of aryl methyl sites for hydroxylation is 1. The van der Waals surface area contributed by atoms with Gasteiger partial charge in [-0.3, -0.25) is 0 Å². The van der Waals surface area contributed by atoms with Crippen LogP contribution in [-0.2, 0) is 6.42 Å². The van der Waals surface area contributed by atoms with Crippen molar-refractivity contribution in [3.63, 3.8) is 0 Å². The Balaban J connectivity index is 1.32. The van der Waals surface area contributed by atoms with Crippen LogP contribution in [0.15, 0.2) is 30.4 Å².